The molecule has 1 aliphatic carbocycles. The number of hydrogen-bond acceptors (Lipinski definition) is 7. The minimum atomic E-state index is -0.664. The molecular formula is C31H36N4O4S. The Morgan fingerprint density at radius 1 is 0.975 bits per heavy atom. The first kappa shape index (κ1) is 29.1. The highest BCUT2D eigenvalue weighted by atomic mass is 32.2. The normalized spacial score (nSPS) is 15.2. The van der Waals surface area contributed by atoms with Crippen molar-refractivity contribution in [3.63, 3.8) is 0 Å². The summed E-state index contributed by atoms with van der Waals surface area (Å²) < 4.78 is 10.6. The Bertz CT molecular complexity index is 1310. The summed E-state index contributed by atoms with van der Waals surface area (Å²) in [6, 6.07) is 16.0. The van der Waals surface area contributed by atoms with E-state index in [0.29, 0.717) is 16.6 Å². The highest BCUT2D eigenvalue weighted by Gasteiger charge is 2.36. The van der Waals surface area contributed by atoms with Gasteiger partial charge in [0.2, 0.25) is 11.8 Å². The quantitative estimate of drug-likeness (QED) is 0.185. The molecular weight excluding hydrogens is 524 g/mol. The van der Waals surface area contributed by atoms with Gasteiger partial charge in [0.1, 0.15) is 17.5 Å². The van der Waals surface area contributed by atoms with Crippen LogP contribution in [-0.2, 0) is 16.1 Å². The number of carbonyl (C=O) groups is 2. The first-order chi connectivity index (χ1) is 19.4. The molecule has 2 amide bonds. The molecule has 1 aromatic heterocycles. The molecule has 40 heavy (non-hydrogen) atoms. The number of benzene rings is 2. The Balaban J connectivity index is 1.64. The molecule has 0 fully saturated rings. The molecule has 9 heteroatoms. The summed E-state index contributed by atoms with van der Waals surface area (Å²) in [4.78, 5) is 38.6. The number of ether oxygens (including phenoxy) is 2. The van der Waals surface area contributed by atoms with Gasteiger partial charge >= 0.3 is 0 Å². The summed E-state index contributed by atoms with van der Waals surface area (Å²) in [7, 11) is 3.22. The fraction of sp³-hybridized carbons (Fsp3) is 0.355. The van der Waals surface area contributed by atoms with Crippen LogP contribution < -0.4 is 14.8 Å². The van der Waals surface area contributed by atoms with E-state index in [1.54, 1.807) is 43.4 Å². The summed E-state index contributed by atoms with van der Waals surface area (Å²) >= 11 is 1.29. The molecule has 0 saturated heterocycles. The first-order valence-corrected chi connectivity index (χ1v) is 14.3. The van der Waals surface area contributed by atoms with E-state index >= 15 is 0 Å². The Morgan fingerprint density at radius 2 is 1.60 bits per heavy atom. The molecule has 3 aromatic rings. The molecule has 8 nitrogen and oxygen atoms in total. The van der Waals surface area contributed by atoms with Crippen molar-refractivity contribution in [3.05, 3.63) is 83.7 Å². The van der Waals surface area contributed by atoms with Gasteiger partial charge in [-0.05, 0) is 87.1 Å². The van der Waals surface area contributed by atoms with Crippen molar-refractivity contribution in [2.24, 2.45) is 5.92 Å². The van der Waals surface area contributed by atoms with Crippen molar-refractivity contribution in [1.82, 2.24) is 14.9 Å². The molecule has 2 aromatic carbocycles. The molecule has 1 N–H and O–H groups in total. The number of aryl methyl sites for hydroxylation is 2. The highest BCUT2D eigenvalue weighted by Crippen LogP contribution is 2.29. The van der Waals surface area contributed by atoms with Gasteiger partial charge in [-0.15, -0.1) is 0 Å². The molecule has 0 radical (unpaired) electrons. The SMILES string of the molecule is COc1ccc(CN(C(=O)CSc2nc(C)cc(C)n2)[C@H](C(=O)Nc2ccc(OC)cc2)[C@@H]2CC=CCC2)cc1. The van der Waals surface area contributed by atoms with E-state index in [9.17, 15) is 9.59 Å². The topological polar surface area (TPSA) is 93.7 Å². The van der Waals surface area contributed by atoms with Gasteiger partial charge in [0.05, 0.1) is 20.0 Å². The van der Waals surface area contributed by atoms with Crippen LogP contribution in [0.5, 0.6) is 11.5 Å². The number of amides is 2. The molecule has 4 rings (SSSR count). The molecule has 210 valence electrons. The monoisotopic (exact) mass is 560 g/mol. The minimum Gasteiger partial charge on any atom is -0.497 e. The third kappa shape index (κ3) is 7.85. The van der Waals surface area contributed by atoms with E-state index in [0.717, 1.165) is 42.0 Å². The predicted molar refractivity (Wildman–Crippen MR) is 158 cm³/mol. The number of thioether (sulfide) groups is 1. The average Bonchev–Trinajstić information content (AvgIpc) is 2.96. The molecule has 0 unspecified atom stereocenters. The van der Waals surface area contributed by atoms with E-state index in [1.807, 2.05) is 44.2 Å². The van der Waals surface area contributed by atoms with Gasteiger partial charge in [0, 0.05) is 23.6 Å². The Labute approximate surface area is 240 Å². The number of methoxy groups -OCH3 is 2. The Hall–Kier alpha value is -3.85. The number of nitrogens with one attached hydrogen (secondary N) is 1. The number of allylic oxidation sites excluding steroid dienone is 2. The standard InChI is InChI=1S/C31H36N4O4S/c1-21-18-22(2)33-31(32-21)40-20-28(36)35(19-23-10-14-26(38-3)15-11-23)29(24-8-6-5-7-9-24)30(37)34-25-12-16-27(39-4)17-13-25/h5-6,10-18,24,29H,7-9,19-20H2,1-4H3,(H,34,37)/t24-,29+/m1/s1. The second-order valence-corrected chi connectivity index (χ2v) is 10.7. The number of carbonyl (C=O) groups excluding carboxylic acids is 2. The zero-order valence-corrected chi connectivity index (χ0v) is 24.2. The molecule has 0 bridgehead atoms. The van der Waals surface area contributed by atoms with Gasteiger partial charge in [-0.3, -0.25) is 9.59 Å². The maximum atomic E-state index is 14.0. The Kier molecular flexibility index (Phi) is 10.2. The largest absolute Gasteiger partial charge is 0.497 e. The zero-order valence-electron chi connectivity index (χ0n) is 23.4. The van der Waals surface area contributed by atoms with E-state index < -0.39 is 6.04 Å². The predicted octanol–water partition coefficient (Wildman–Crippen LogP) is 5.60. The lowest BCUT2D eigenvalue weighted by atomic mass is 9.86. The number of nitrogens with zero attached hydrogens (tertiary/aromatic N) is 3. The van der Waals surface area contributed by atoms with Crippen LogP contribution >= 0.6 is 11.8 Å². The van der Waals surface area contributed by atoms with Crippen molar-refractivity contribution >= 4 is 29.3 Å². The molecule has 2 atom stereocenters. The molecule has 0 saturated carbocycles. The Morgan fingerprint density at radius 3 is 2.17 bits per heavy atom. The van der Waals surface area contributed by atoms with Gasteiger partial charge in [0.25, 0.3) is 0 Å². The van der Waals surface area contributed by atoms with Crippen LogP contribution in [0.4, 0.5) is 5.69 Å². The fourth-order valence-corrected chi connectivity index (χ4v) is 5.68. The fourth-order valence-electron chi connectivity index (χ4n) is 4.84. The van der Waals surface area contributed by atoms with Gasteiger partial charge < -0.3 is 19.7 Å². The summed E-state index contributed by atoms with van der Waals surface area (Å²) in [5.74, 6) is 1.18. The van der Waals surface area contributed by atoms with Crippen LogP contribution in [0, 0.1) is 19.8 Å². The van der Waals surface area contributed by atoms with Gasteiger partial charge in [-0.2, -0.15) is 0 Å². The first-order valence-electron chi connectivity index (χ1n) is 13.3. The highest BCUT2D eigenvalue weighted by molar-refractivity contribution is 7.99. The average molecular weight is 561 g/mol. The van der Waals surface area contributed by atoms with Crippen molar-refractivity contribution in [1.29, 1.82) is 0 Å². The van der Waals surface area contributed by atoms with Gasteiger partial charge in [-0.1, -0.05) is 36.0 Å². The lowest BCUT2D eigenvalue weighted by Gasteiger charge is -2.37. The van der Waals surface area contributed by atoms with E-state index in [4.69, 9.17) is 9.47 Å². The van der Waals surface area contributed by atoms with E-state index in [-0.39, 0.29) is 30.0 Å². The van der Waals surface area contributed by atoms with Crippen LogP contribution in [0.3, 0.4) is 0 Å². The molecule has 0 aliphatic heterocycles. The zero-order chi connectivity index (χ0) is 28.5. The van der Waals surface area contributed by atoms with E-state index in [2.05, 4.69) is 27.4 Å². The third-order valence-electron chi connectivity index (χ3n) is 6.84. The van der Waals surface area contributed by atoms with Crippen molar-refractivity contribution in [2.75, 3.05) is 25.3 Å². The van der Waals surface area contributed by atoms with Crippen LogP contribution in [0.15, 0.2) is 71.9 Å². The van der Waals surface area contributed by atoms with Crippen LogP contribution in [0.1, 0.15) is 36.2 Å². The smallest absolute Gasteiger partial charge is 0.247 e. The van der Waals surface area contributed by atoms with Gasteiger partial charge in [-0.25, -0.2) is 9.97 Å². The maximum Gasteiger partial charge on any atom is 0.247 e. The number of aromatic nitrogens is 2. The summed E-state index contributed by atoms with van der Waals surface area (Å²) in [6.45, 7) is 4.11. The van der Waals surface area contributed by atoms with Crippen LogP contribution in [0.2, 0.25) is 0 Å². The summed E-state index contributed by atoms with van der Waals surface area (Å²) in [5, 5.41) is 3.61. The van der Waals surface area contributed by atoms with Crippen LogP contribution in [-0.4, -0.2) is 52.7 Å². The van der Waals surface area contributed by atoms with Crippen molar-refractivity contribution in [3.8, 4) is 11.5 Å². The minimum absolute atomic E-state index is 0.0205. The van der Waals surface area contributed by atoms with Gasteiger partial charge in [0.15, 0.2) is 5.16 Å². The molecule has 1 aliphatic rings. The molecule has 1 heterocycles. The van der Waals surface area contributed by atoms with Crippen LogP contribution in [0.25, 0.3) is 0 Å². The number of rotatable bonds is 11. The second kappa shape index (κ2) is 14.0. The summed E-state index contributed by atoms with van der Waals surface area (Å²) in [6.07, 6.45) is 6.65. The van der Waals surface area contributed by atoms with Crippen molar-refractivity contribution in [2.45, 2.75) is 50.9 Å². The number of hydrogen-bond donors (Lipinski definition) is 1. The second-order valence-electron chi connectivity index (χ2n) is 9.80. The third-order valence-corrected chi connectivity index (χ3v) is 7.67. The molecule has 0 spiro atoms. The lowest BCUT2D eigenvalue weighted by molar-refractivity contribution is -0.139. The van der Waals surface area contributed by atoms with E-state index in [1.165, 1.54) is 11.8 Å². The lowest BCUT2D eigenvalue weighted by Crippen LogP contribution is -2.51. The van der Waals surface area contributed by atoms with Crippen molar-refractivity contribution < 1.29 is 19.1 Å². The maximum absolute atomic E-state index is 14.0. The number of anilines is 1. The summed E-state index contributed by atoms with van der Waals surface area (Å²) in [5.41, 5.74) is 3.26.